The third kappa shape index (κ3) is 7.24. The van der Waals surface area contributed by atoms with Gasteiger partial charge in [-0.3, -0.25) is 0 Å². The van der Waals surface area contributed by atoms with Crippen molar-refractivity contribution >= 4 is 38.6 Å². The van der Waals surface area contributed by atoms with Crippen molar-refractivity contribution in [1.82, 2.24) is 0 Å². The second kappa shape index (κ2) is 19.3. The van der Waals surface area contributed by atoms with Gasteiger partial charge in [-0.05, 0) is 167 Å². The Morgan fingerprint density at radius 3 is 1.43 bits per heavy atom. The lowest BCUT2D eigenvalue weighted by Gasteiger charge is -2.37. The summed E-state index contributed by atoms with van der Waals surface area (Å²) >= 11 is 0. The van der Waals surface area contributed by atoms with Crippen LogP contribution in [-0.2, 0) is 30.1 Å². The molecule has 0 saturated carbocycles. The molecule has 0 heterocycles. The Hall–Kier alpha value is -9.24. The van der Waals surface area contributed by atoms with Gasteiger partial charge in [0.25, 0.3) is 0 Å². The molecule has 12 aromatic rings. The fourth-order valence-corrected chi connectivity index (χ4v) is 14.3. The average molecular weight is 1020 g/mol. The molecule has 0 aliphatic heterocycles. The molecular formula is C77H61NO. The molecule has 1 atom stereocenters. The van der Waals surface area contributed by atoms with E-state index >= 15 is 0 Å². The topological polar surface area (TPSA) is 23.5 Å². The lowest BCUT2D eigenvalue weighted by atomic mass is 9.64. The number of rotatable bonds is 12. The summed E-state index contributed by atoms with van der Waals surface area (Å²) in [6.07, 6.45) is 3.77. The molecule has 79 heavy (non-hydrogen) atoms. The van der Waals surface area contributed by atoms with E-state index in [9.17, 15) is 5.11 Å². The number of benzene rings is 12. The maximum absolute atomic E-state index is 13.0. The molecule has 0 amide bonds. The Labute approximate surface area is 464 Å². The van der Waals surface area contributed by atoms with Crippen LogP contribution >= 0.6 is 0 Å². The Kier molecular flexibility index (Phi) is 11.8. The zero-order valence-corrected chi connectivity index (χ0v) is 45.0. The van der Waals surface area contributed by atoms with E-state index in [4.69, 9.17) is 0 Å². The van der Waals surface area contributed by atoms with Crippen molar-refractivity contribution in [3.63, 3.8) is 0 Å². The Balaban J connectivity index is 0.924. The highest BCUT2D eigenvalue weighted by molar-refractivity contribution is 5.99. The summed E-state index contributed by atoms with van der Waals surface area (Å²) in [7, 11) is 0. The second-order valence-electron chi connectivity index (χ2n) is 21.6. The van der Waals surface area contributed by atoms with Crippen LogP contribution < -0.4 is 4.90 Å². The number of aromatic hydroxyl groups is 1. The summed E-state index contributed by atoms with van der Waals surface area (Å²) in [6.45, 7) is 6.74. The van der Waals surface area contributed by atoms with Gasteiger partial charge in [-0.2, -0.15) is 0 Å². The normalized spacial score (nSPS) is 14.7. The minimum Gasteiger partial charge on any atom is -0.507 e. The largest absolute Gasteiger partial charge is 0.507 e. The number of nitrogens with zero attached hydrogens (tertiary/aromatic N) is 1. The predicted octanol–water partition coefficient (Wildman–Crippen LogP) is 19.6. The Morgan fingerprint density at radius 1 is 0.329 bits per heavy atom. The van der Waals surface area contributed by atoms with Crippen LogP contribution in [0.1, 0.15) is 88.4 Å². The van der Waals surface area contributed by atoms with Crippen LogP contribution in [0.5, 0.6) is 5.75 Å². The molecule has 1 N–H and O–H groups in total. The van der Waals surface area contributed by atoms with E-state index < -0.39 is 10.8 Å². The highest BCUT2D eigenvalue weighted by Crippen LogP contribution is 2.61. The van der Waals surface area contributed by atoms with Crippen LogP contribution in [0, 0.1) is 0 Å². The van der Waals surface area contributed by atoms with Gasteiger partial charge >= 0.3 is 0 Å². The van der Waals surface area contributed by atoms with Gasteiger partial charge in [0.05, 0.1) is 10.8 Å². The lowest BCUT2D eigenvalue weighted by molar-refractivity contribution is 0.467. The van der Waals surface area contributed by atoms with Crippen molar-refractivity contribution in [2.24, 2.45) is 0 Å². The first kappa shape index (κ1) is 48.2. The van der Waals surface area contributed by atoms with Crippen molar-refractivity contribution in [3.8, 4) is 39.1 Å². The number of para-hydroxylation sites is 1. The third-order valence-electron chi connectivity index (χ3n) is 17.7. The first-order valence-electron chi connectivity index (χ1n) is 28.3. The lowest BCUT2D eigenvalue weighted by Crippen LogP contribution is -2.30. The molecule has 2 aliphatic carbocycles. The van der Waals surface area contributed by atoms with Gasteiger partial charge in [0, 0.05) is 28.0 Å². The molecule has 14 rings (SSSR count). The number of fused-ring (bicyclic) bond motifs is 8. The molecule has 0 radical (unpaired) electrons. The summed E-state index contributed by atoms with van der Waals surface area (Å²) in [6, 6.07) is 96.6. The molecule has 0 fully saturated rings. The van der Waals surface area contributed by atoms with E-state index in [-0.39, 0.29) is 0 Å². The molecule has 380 valence electrons. The fraction of sp³-hybridized carbons (Fsp3) is 0.117. The van der Waals surface area contributed by atoms with Crippen LogP contribution in [0.25, 0.3) is 54.9 Å². The minimum absolute atomic E-state index is 0.349. The molecule has 0 bridgehead atoms. The number of aryl methyl sites for hydroxylation is 3. The van der Waals surface area contributed by atoms with Crippen molar-refractivity contribution in [3.05, 3.63) is 322 Å². The highest BCUT2D eigenvalue weighted by atomic mass is 16.3. The number of anilines is 3. The van der Waals surface area contributed by atoms with Gasteiger partial charge in [-0.1, -0.05) is 246 Å². The van der Waals surface area contributed by atoms with E-state index in [2.05, 4.69) is 287 Å². The van der Waals surface area contributed by atoms with Gasteiger partial charge < -0.3 is 10.0 Å². The molecule has 0 saturated heterocycles. The van der Waals surface area contributed by atoms with Gasteiger partial charge in [0.15, 0.2) is 0 Å². The molecule has 12 aromatic carbocycles. The van der Waals surface area contributed by atoms with Crippen molar-refractivity contribution in [2.45, 2.75) is 57.3 Å². The quantitative estimate of drug-likeness (QED) is 0.132. The average Bonchev–Trinajstić information content (AvgIpc) is 2.91. The SMILES string of the molecule is CCCc1c(C2(c3ccc4c(CC)cccc4c3O)c3ccccc3-c3cc(-c4ccc(N(c5ccccc5)c5ccc6c(c5)-c5ccccc5C6(c5ccccc5)c5ccccc5)cc4)ccc32)ccc2c(CC)cccc12. The predicted molar refractivity (Wildman–Crippen MR) is 331 cm³/mol. The number of hydrogen-bond acceptors (Lipinski definition) is 2. The number of hydrogen-bond donors (Lipinski definition) is 1. The summed E-state index contributed by atoms with van der Waals surface area (Å²) in [5, 5.41) is 17.6. The first-order valence-corrected chi connectivity index (χ1v) is 28.3. The van der Waals surface area contributed by atoms with Gasteiger partial charge in [-0.15, -0.1) is 0 Å². The van der Waals surface area contributed by atoms with Gasteiger partial charge in [-0.25, -0.2) is 0 Å². The molecule has 0 spiro atoms. The Morgan fingerprint density at radius 2 is 0.797 bits per heavy atom. The van der Waals surface area contributed by atoms with Crippen LogP contribution in [0.4, 0.5) is 17.1 Å². The smallest absolute Gasteiger partial charge is 0.128 e. The fourth-order valence-electron chi connectivity index (χ4n) is 14.3. The summed E-state index contributed by atoms with van der Waals surface area (Å²) in [5.41, 5.74) is 22.7. The molecule has 2 nitrogen and oxygen atoms in total. The van der Waals surface area contributed by atoms with Crippen LogP contribution in [-0.4, -0.2) is 5.11 Å². The monoisotopic (exact) mass is 1020 g/mol. The summed E-state index contributed by atoms with van der Waals surface area (Å²) in [5.74, 6) is 0.349. The van der Waals surface area contributed by atoms with E-state index in [1.165, 1.54) is 88.7 Å². The van der Waals surface area contributed by atoms with Crippen LogP contribution in [0.15, 0.2) is 261 Å². The van der Waals surface area contributed by atoms with E-state index in [1.54, 1.807) is 0 Å². The summed E-state index contributed by atoms with van der Waals surface area (Å²) in [4.78, 5) is 2.39. The van der Waals surface area contributed by atoms with Crippen LogP contribution in [0.2, 0.25) is 0 Å². The minimum atomic E-state index is -0.801. The van der Waals surface area contributed by atoms with Crippen molar-refractivity contribution in [1.29, 1.82) is 0 Å². The standard InChI is InChI=1S/C77H61NO/c1-4-22-63-62-33-20-23-51(5-2)60(62)43-47-71(63)77(74-48-44-61-52(6-3)24-21-34-66(61)75(74)79)70-36-19-17-31-64(70)67-49-54(39-45-73(67)77)53-37-40-58(41-38-53)78(57-29-14-9-15-30-57)59-42-46-72-68(50-59)65-32-16-18-35-69(65)76(72,55-25-10-7-11-26-55)56-27-12-8-13-28-56/h7-21,23-50,79H,4-6,22H2,1-3H3. The van der Waals surface area contributed by atoms with Crippen molar-refractivity contribution < 1.29 is 5.11 Å². The molecule has 2 heteroatoms. The number of phenolic OH excluding ortho intramolecular Hbond substituents is 1. The Bertz CT molecular complexity index is 4250. The number of phenols is 1. The second-order valence-corrected chi connectivity index (χ2v) is 21.6. The van der Waals surface area contributed by atoms with E-state index in [0.29, 0.717) is 5.75 Å². The molecular weight excluding hydrogens is 955 g/mol. The van der Waals surface area contributed by atoms with Crippen molar-refractivity contribution in [2.75, 3.05) is 4.90 Å². The zero-order valence-electron chi connectivity index (χ0n) is 45.0. The zero-order chi connectivity index (χ0) is 53.2. The molecule has 0 aromatic heterocycles. The summed E-state index contributed by atoms with van der Waals surface area (Å²) < 4.78 is 0. The highest BCUT2D eigenvalue weighted by Gasteiger charge is 2.50. The molecule has 2 aliphatic rings. The van der Waals surface area contributed by atoms with E-state index in [1.807, 2.05) is 0 Å². The van der Waals surface area contributed by atoms with Gasteiger partial charge in [0.2, 0.25) is 0 Å². The first-order chi connectivity index (χ1) is 39.0. The van der Waals surface area contributed by atoms with Gasteiger partial charge in [0.1, 0.15) is 5.75 Å². The van der Waals surface area contributed by atoms with E-state index in [0.717, 1.165) is 70.2 Å². The maximum atomic E-state index is 13.0. The molecule has 1 unspecified atom stereocenters. The van der Waals surface area contributed by atoms with Crippen LogP contribution in [0.3, 0.4) is 0 Å². The third-order valence-corrected chi connectivity index (χ3v) is 17.7. The maximum Gasteiger partial charge on any atom is 0.128 e.